The average Bonchev–Trinajstić information content (AvgIpc) is 3.21. The highest BCUT2D eigenvalue weighted by atomic mass is 16.5. The number of ether oxygens (including phenoxy) is 5. The van der Waals surface area contributed by atoms with E-state index in [0.717, 1.165) is 103 Å². The molecule has 10 nitrogen and oxygen atoms in total. The Labute approximate surface area is 347 Å². The number of allylic oxidation sites excluding steroid dienone is 4. The SMILES string of the molecule is COc1c(OCCCCCCCCN2CCOCC2)cc2oc3cc(OCCCCCCCCN4CCOCC4)c(CC=C(C)C)c(O)c3c(=O)c2c1CC=C(C)C. The summed E-state index contributed by atoms with van der Waals surface area (Å²) in [5.41, 5.74) is 3.94. The third kappa shape index (κ3) is 13.7. The van der Waals surface area contributed by atoms with Crippen molar-refractivity contribution < 1.29 is 33.2 Å². The summed E-state index contributed by atoms with van der Waals surface area (Å²) in [4.78, 5) is 19.5. The van der Waals surface area contributed by atoms with E-state index >= 15 is 0 Å². The molecule has 0 amide bonds. The Morgan fingerprint density at radius 2 is 1.09 bits per heavy atom. The Morgan fingerprint density at radius 3 is 1.60 bits per heavy atom. The van der Waals surface area contributed by atoms with Gasteiger partial charge in [-0.2, -0.15) is 0 Å². The van der Waals surface area contributed by atoms with Gasteiger partial charge in [-0.05, 0) is 79.3 Å². The van der Waals surface area contributed by atoms with Crippen LogP contribution in [0.25, 0.3) is 21.9 Å². The second-order valence-electron chi connectivity index (χ2n) is 16.6. The normalized spacial score (nSPS) is 15.2. The molecule has 1 N–H and O–H groups in total. The Bertz CT molecular complexity index is 1830. The first kappa shape index (κ1) is 45.5. The Hall–Kier alpha value is -3.57. The zero-order valence-electron chi connectivity index (χ0n) is 36.4. The average molecular weight is 805 g/mol. The first-order chi connectivity index (χ1) is 28.3. The molecule has 2 fully saturated rings. The van der Waals surface area contributed by atoms with Gasteiger partial charge in [0, 0.05) is 49.4 Å². The molecule has 2 aliphatic heterocycles. The molecule has 0 saturated carbocycles. The molecule has 0 radical (unpaired) electrons. The van der Waals surface area contributed by atoms with Crippen LogP contribution in [0.5, 0.6) is 23.0 Å². The third-order valence-corrected chi connectivity index (χ3v) is 11.4. The number of methoxy groups -OCH3 is 1. The van der Waals surface area contributed by atoms with Gasteiger partial charge in [-0.25, -0.2) is 0 Å². The van der Waals surface area contributed by atoms with Gasteiger partial charge < -0.3 is 33.2 Å². The van der Waals surface area contributed by atoms with Crippen LogP contribution in [0.2, 0.25) is 0 Å². The summed E-state index contributed by atoms with van der Waals surface area (Å²) < 4.78 is 36.2. The smallest absolute Gasteiger partial charge is 0.204 e. The van der Waals surface area contributed by atoms with Crippen LogP contribution in [0.3, 0.4) is 0 Å². The molecule has 2 aliphatic rings. The maximum absolute atomic E-state index is 14.5. The standard InChI is InChI=1S/C48H72N2O8/c1-36(2)18-20-38-40(56-28-16-12-8-6-10-14-22-49-24-30-54-31-25-49)34-42-45(46(38)51)47(52)44-39(21-19-37(3)4)48(53-5)43(35-41(44)58-42)57-29-17-13-9-7-11-15-23-50-26-32-55-33-27-50/h18-19,34-35,51H,6-17,20-33H2,1-5H3. The molecule has 2 aromatic carbocycles. The van der Waals surface area contributed by atoms with Crippen LogP contribution in [0, 0.1) is 0 Å². The number of fused-ring (bicyclic) bond motifs is 2. The highest BCUT2D eigenvalue weighted by Gasteiger charge is 2.24. The van der Waals surface area contributed by atoms with Crippen LogP contribution < -0.4 is 19.6 Å². The van der Waals surface area contributed by atoms with E-state index in [9.17, 15) is 9.90 Å². The Balaban J connectivity index is 1.28. The maximum atomic E-state index is 14.5. The lowest BCUT2D eigenvalue weighted by Crippen LogP contribution is -2.36. The first-order valence-electron chi connectivity index (χ1n) is 22.2. The van der Waals surface area contributed by atoms with Crippen molar-refractivity contribution in [3.05, 3.63) is 56.8 Å². The molecular formula is C48H72N2O8. The zero-order chi connectivity index (χ0) is 41.1. The number of phenolic OH excluding ortho intramolecular Hbond substituents is 1. The van der Waals surface area contributed by atoms with Crippen LogP contribution in [0.15, 0.2) is 44.6 Å². The molecule has 5 rings (SSSR count). The maximum Gasteiger partial charge on any atom is 0.204 e. The van der Waals surface area contributed by atoms with E-state index in [-0.39, 0.29) is 16.6 Å². The summed E-state index contributed by atoms with van der Waals surface area (Å²) in [7, 11) is 1.62. The van der Waals surface area contributed by atoms with E-state index in [0.29, 0.717) is 71.0 Å². The molecule has 0 atom stereocenters. The fraction of sp³-hybridized carbons (Fsp3) is 0.646. The Morgan fingerprint density at radius 1 is 0.638 bits per heavy atom. The lowest BCUT2D eigenvalue weighted by Gasteiger charge is -2.26. The number of hydrogen-bond donors (Lipinski definition) is 1. The summed E-state index contributed by atoms with van der Waals surface area (Å²) in [6, 6.07) is 3.57. The van der Waals surface area contributed by atoms with Gasteiger partial charge in [0.1, 0.15) is 28.1 Å². The van der Waals surface area contributed by atoms with Crippen molar-refractivity contribution >= 4 is 21.9 Å². The quantitative estimate of drug-likeness (QED) is 0.0506. The largest absolute Gasteiger partial charge is 0.507 e. The predicted molar refractivity (Wildman–Crippen MR) is 235 cm³/mol. The van der Waals surface area contributed by atoms with Crippen molar-refractivity contribution in [3.8, 4) is 23.0 Å². The van der Waals surface area contributed by atoms with Gasteiger partial charge >= 0.3 is 0 Å². The van der Waals surface area contributed by atoms with Crippen molar-refractivity contribution in [2.24, 2.45) is 0 Å². The molecule has 322 valence electrons. The fourth-order valence-electron chi connectivity index (χ4n) is 7.97. The summed E-state index contributed by atoms with van der Waals surface area (Å²) in [6.45, 7) is 19.1. The number of unbranched alkanes of at least 4 members (excludes halogenated alkanes) is 10. The molecular weight excluding hydrogens is 733 g/mol. The van der Waals surface area contributed by atoms with Gasteiger partial charge in [-0.15, -0.1) is 0 Å². The monoisotopic (exact) mass is 805 g/mol. The molecule has 0 spiro atoms. The van der Waals surface area contributed by atoms with Crippen LogP contribution in [0.4, 0.5) is 0 Å². The van der Waals surface area contributed by atoms with Crippen molar-refractivity contribution in [2.45, 2.75) is 118 Å². The van der Waals surface area contributed by atoms with E-state index in [2.05, 4.69) is 15.9 Å². The minimum absolute atomic E-state index is 0.0885. The molecule has 10 heteroatoms. The lowest BCUT2D eigenvalue weighted by molar-refractivity contribution is 0.0370. The number of phenols is 1. The number of aromatic hydroxyl groups is 1. The van der Waals surface area contributed by atoms with Crippen LogP contribution in [-0.4, -0.2) is 101 Å². The number of morpholine rings is 2. The van der Waals surface area contributed by atoms with Crippen molar-refractivity contribution in [3.63, 3.8) is 0 Å². The number of hydrogen-bond acceptors (Lipinski definition) is 10. The minimum atomic E-state index is -0.289. The zero-order valence-corrected chi connectivity index (χ0v) is 36.4. The fourth-order valence-corrected chi connectivity index (χ4v) is 7.97. The minimum Gasteiger partial charge on any atom is -0.507 e. The van der Waals surface area contributed by atoms with Gasteiger partial charge in [-0.3, -0.25) is 14.6 Å². The summed E-state index contributed by atoms with van der Waals surface area (Å²) in [6.07, 6.45) is 18.7. The molecule has 0 aliphatic carbocycles. The number of rotatable bonds is 25. The van der Waals surface area contributed by atoms with Gasteiger partial charge in [-0.1, -0.05) is 74.7 Å². The summed E-state index contributed by atoms with van der Waals surface area (Å²) >= 11 is 0. The van der Waals surface area contributed by atoms with E-state index in [1.165, 1.54) is 51.4 Å². The number of benzene rings is 2. The molecule has 0 bridgehead atoms. The van der Waals surface area contributed by atoms with E-state index in [1.54, 1.807) is 19.2 Å². The van der Waals surface area contributed by atoms with Crippen LogP contribution >= 0.6 is 0 Å². The predicted octanol–water partition coefficient (Wildman–Crippen LogP) is 9.78. The van der Waals surface area contributed by atoms with Crippen molar-refractivity contribution in [1.29, 1.82) is 0 Å². The van der Waals surface area contributed by atoms with Crippen LogP contribution in [-0.2, 0) is 22.3 Å². The molecule has 2 saturated heterocycles. The molecule has 58 heavy (non-hydrogen) atoms. The van der Waals surface area contributed by atoms with Gasteiger partial charge in [0.25, 0.3) is 0 Å². The second kappa shape index (κ2) is 24.5. The third-order valence-electron chi connectivity index (χ3n) is 11.4. The highest BCUT2D eigenvalue weighted by molar-refractivity contribution is 5.98. The van der Waals surface area contributed by atoms with Gasteiger partial charge in [0.05, 0.1) is 52.1 Å². The van der Waals surface area contributed by atoms with E-state index < -0.39 is 0 Å². The summed E-state index contributed by atoms with van der Waals surface area (Å²) in [5, 5.41) is 12.4. The molecule has 0 unspecified atom stereocenters. The van der Waals surface area contributed by atoms with Crippen LogP contribution in [0.1, 0.15) is 116 Å². The molecule has 3 aromatic rings. The second-order valence-corrected chi connectivity index (χ2v) is 16.6. The van der Waals surface area contributed by atoms with Crippen molar-refractivity contribution in [2.75, 3.05) is 86.0 Å². The van der Waals surface area contributed by atoms with Gasteiger partial charge in [0.15, 0.2) is 11.5 Å². The van der Waals surface area contributed by atoms with E-state index in [1.807, 2.05) is 33.8 Å². The topological polar surface area (TPSA) is 103 Å². The highest BCUT2D eigenvalue weighted by Crippen LogP contribution is 2.42. The Kier molecular flexibility index (Phi) is 19.2. The van der Waals surface area contributed by atoms with Gasteiger partial charge in [0.2, 0.25) is 5.43 Å². The molecule has 1 aromatic heterocycles. The summed E-state index contributed by atoms with van der Waals surface area (Å²) in [5.74, 6) is 1.55. The molecule has 3 heterocycles. The first-order valence-corrected chi connectivity index (χ1v) is 22.2. The lowest BCUT2D eigenvalue weighted by atomic mass is 9.98. The van der Waals surface area contributed by atoms with Crippen molar-refractivity contribution in [1.82, 2.24) is 9.80 Å². The van der Waals surface area contributed by atoms with E-state index in [4.69, 9.17) is 28.1 Å². The number of nitrogens with zero attached hydrogens (tertiary/aromatic N) is 2.